The van der Waals surface area contributed by atoms with Crippen LogP contribution in [-0.4, -0.2) is 46.4 Å². The highest BCUT2D eigenvalue weighted by Crippen LogP contribution is 2.22. The molecule has 0 unspecified atom stereocenters. The molecule has 1 heterocycles. The number of carbonyl (C=O) groups is 2. The first-order valence-electron chi connectivity index (χ1n) is 6.52. The highest BCUT2D eigenvalue weighted by molar-refractivity contribution is 5.95. The molecule has 0 bridgehead atoms. The van der Waals surface area contributed by atoms with Crippen LogP contribution in [0.5, 0.6) is 0 Å². The van der Waals surface area contributed by atoms with Crippen LogP contribution < -0.4 is 5.32 Å². The van der Waals surface area contributed by atoms with Crippen LogP contribution in [0.1, 0.15) is 23.2 Å². The molecular formula is C13H15N3O5. The molecule has 21 heavy (non-hydrogen) atoms. The summed E-state index contributed by atoms with van der Waals surface area (Å²) in [6, 6.07) is 3.49. The first kappa shape index (κ1) is 14.8. The monoisotopic (exact) mass is 293 g/mol. The fourth-order valence-electron chi connectivity index (χ4n) is 2.23. The van der Waals surface area contributed by atoms with Crippen molar-refractivity contribution < 1.29 is 19.6 Å². The van der Waals surface area contributed by atoms with E-state index in [1.165, 1.54) is 12.1 Å². The van der Waals surface area contributed by atoms with E-state index in [4.69, 9.17) is 5.11 Å². The summed E-state index contributed by atoms with van der Waals surface area (Å²) < 4.78 is 0. The Bertz CT molecular complexity index is 581. The summed E-state index contributed by atoms with van der Waals surface area (Å²) in [5.41, 5.74) is -0.331. The highest BCUT2D eigenvalue weighted by Gasteiger charge is 2.20. The second-order valence-corrected chi connectivity index (χ2v) is 4.73. The molecule has 0 atom stereocenters. The van der Waals surface area contributed by atoms with Crippen LogP contribution in [0, 0.1) is 10.1 Å². The number of nitrogens with one attached hydrogen (secondary N) is 1. The molecule has 8 heteroatoms. The second kappa shape index (κ2) is 6.21. The van der Waals surface area contributed by atoms with E-state index in [1.807, 2.05) is 0 Å². The van der Waals surface area contributed by atoms with Gasteiger partial charge in [-0.3, -0.25) is 14.9 Å². The van der Waals surface area contributed by atoms with Crippen LogP contribution >= 0.6 is 0 Å². The third kappa shape index (κ3) is 3.47. The molecule has 1 aromatic carbocycles. The normalized spacial score (nSPS) is 14.0. The van der Waals surface area contributed by atoms with E-state index >= 15 is 0 Å². The van der Waals surface area contributed by atoms with Crippen molar-refractivity contribution in [2.24, 2.45) is 0 Å². The summed E-state index contributed by atoms with van der Waals surface area (Å²) in [6.07, 6.45) is 1.95. The first-order chi connectivity index (χ1) is 9.99. The van der Waals surface area contributed by atoms with Crippen molar-refractivity contribution in [2.45, 2.75) is 12.8 Å². The number of non-ortho nitro benzene ring substituents is 1. The molecule has 0 aromatic heterocycles. The van der Waals surface area contributed by atoms with Crippen molar-refractivity contribution in [1.82, 2.24) is 4.90 Å². The Labute approximate surface area is 120 Å². The van der Waals surface area contributed by atoms with Gasteiger partial charge in [0.1, 0.15) is 0 Å². The number of amides is 1. The zero-order valence-corrected chi connectivity index (χ0v) is 11.2. The smallest absolute Gasteiger partial charge is 0.338 e. The van der Waals surface area contributed by atoms with E-state index in [0.717, 1.165) is 18.9 Å². The molecular weight excluding hydrogens is 278 g/mol. The van der Waals surface area contributed by atoms with Gasteiger partial charge in [-0.05, 0) is 18.9 Å². The van der Waals surface area contributed by atoms with Gasteiger partial charge >= 0.3 is 5.97 Å². The lowest BCUT2D eigenvalue weighted by Gasteiger charge is -2.16. The van der Waals surface area contributed by atoms with E-state index in [2.05, 4.69) is 5.32 Å². The van der Waals surface area contributed by atoms with Crippen molar-refractivity contribution in [3.8, 4) is 0 Å². The van der Waals surface area contributed by atoms with Crippen LogP contribution in [0.25, 0.3) is 0 Å². The molecule has 1 amide bonds. The number of benzene rings is 1. The first-order valence-corrected chi connectivity index (χ1v) is 6.52. The molecule has 1 aliphatic rings. The molecule has 8 nitrogen and oxygen atoms in total. The van der Waals surface area contributed by atoms with Gasteiger partial charge < -0.3 is 15.3 Å². The zero-order valence-electron chi connectivity index (χ0n) is 11.2. The third-order valence-corrected chi connectivity index (χ3v) is 3.33. The molecule has 112 valence electrons. The van der Waals surface area contributed by atoms with Gasteiger partial charge in [-0.2, -0.15) is 0 Å². The van der Waals surface area contributed by atoms with Crippen LogP contribution in [0.15, 0.2) is 18.2 Å². The van der Waals surface area contributed by atoms with E-state index in [9.17, 15) is 19.7 Å². The number of carboxylic acids is 1. The topological polar surface area (TPSA) is 113 Å². The van der Waals surface area contributed by atoms with E-state index in [1.54, 1.807) is 4.90 Å². The van der Waals surface area contributed by atoms with Gasteiger partial charge in [0, 0.05) is 30.9 Å². The predicted molar refractivity (Wildman–Crippen MR) is 74.4 cm³/mol. The average Bonchev–Trinajstić information content (AvgIpc) is 2.98. The maximum atomic E-state index is 11.9. The van der Waals surface area contributed by atoms with Crippen molar-refractivity contribution in [3.63, 3.8) is 0 Å². The number of likely N-dealkylation sites (tertiary alicyclic amines) is 1. The van der Waals surface area contributed by atoms with Gasteiger partial charge in [0.05, 0.1) is 17.0 Å². The van der Waals surface area contributed by atoms with Gasteiger partial charge in [-0.15, -0.1) is 0 Å². The minimum absolute atomic E-state index is 0.0297. The van der Waals surface area contributed by atoms with Crippen LogP contribution in [-0.2, 0) is 4.79 Å². The fourth-order valence-corrected chi connectivity index (χ4v) is 2.23. The minimum Gasteiger partial charge on any atom is -0.478 e. The Morgan fingerprint density at radius 2 is 2.00 bits per heavy atom. The highest BCUT2D eigenvalue weighted by atomic mass is 16.6. The Balaban J connectivity index is 2.10. The maximum Gasteiger partial charge on any atom is 0.338 e. The Morgan fingerprint density at radius 1 is 1.33 bits per heavy atom. The van der Waals surface area contributed by atoms with Gasteiger partial charge in [0.15, 0.2) is 0 Å². The van der Waals surface area contributed by atoms with E-state index < -0.39 is 10.9 Å². The number of nitro benzene ring substituents is 1. The molecule has 1 fully saturated rings. The van der Waals surface area contributed by atoms with Gasteiger partial charge in [0.2, 0.25) is 5.91 Å². The quantitative estimate of drug-likeness (QED) is 0.625. The number of hydrogen-bond donors (Lipinski definition) is 2. The number of hydrogen-bond acceptors (Lipinski definition) is 5. The van der Waals surface area contributed by atoms with Crippen molar-refractivity contribution in [3.05, 3.63) is 33.9 Å². The number of rotatable bonds is 5. The number of nitro groups is 1. The lowest BCUT2D eigenvalue weighted by atomic mass is 10.1. The molecule has 1 saturated heterocycles. The fraction of sp³-hybridized carbons (Fsp3) is 0.385. The van der Waals surface area contributed by atoms with Gasteiger partial charge in [0.25, 0.3) is 5.69 Å². The molecule has 2 N–H and O–H groups in total. The van der Waals surface area contributed by atoms with Crippen molar-refractivity contribution in [1.29, 1.82) is 0 Å². The lowest BCUT2D eigenvalue weighted by molar-refractivity contribution is -0.384. The zero-order chi connectivity index (χ0) is 15.4. The number of aromatic carboxylic acids is 1. The van der Waals surface area contributed by atoms with Crippen molar-refractivity contribution in [2.75, 3.05) is 25.0 Å². The second-order valence-electron chi connectivity index (χ2n) is 4.73. The predicted octanol–water partition coefficient (Wildman–Crippen LogP) is 1.33. The molecule has 0 saturated carbocycles. The number of nitrogens with zero attached hydrogens (tertiary/aromatic N) is 2. The molecule has 0 aliphatic carbocycles. The minimum atomic E-state index is -1.28. The van der Waals surface area contributed by atoms with E-state index in [-0.39, 0.29) is 29.4 Å². The van der Waals surface area contributed by atoms with Crippen molar-refractivity contribution >= 4 is 23.3 Å². The summed E-state index contributed by atoms with van der Waals surface area (Å²) >= 11 is 0. The number of carbonyl (C=O) groups excluding carboxylic acids is 1. The number of anilines is 1. The summed E-state index contributed by atoms with van der Waals surface area (Å²) in [7, 11) is 0. The average molecular weight is 293 g/mol. The molecule has 0 spiro atoms. The lowest BCUT2D eigenvalue weighted by Crippen LogP contribution is -2.33. The van der Waals surface area contributed by atoms with E-state index in [0.29, 0.717) is 13.1 Å². The molecule has 2 rings (SSSR count). The third-order valence-electron chi connectivity index (χ3n) is 3.33. The molecule has 1 aliphatic heterocycles. The summed E-state index contributed by atoms with van der Waals surface area (Å²) in [5.74, 6) is -1.39. The number of carboxylic acid groups (broad SMARTS) is 1. The summed E-state index contributed by atoms with van der Waals surface area (Å²) in [5, 5.41) is 22.5. The Hall–Kier alpha value is -2.64. The summed E-state index contributed by atoms with van der Waals surface area (Å²) in [6.45, 7) is 1.40. The largest absolute Gasteiger partial charge is 0.478 e. The van der Waals surface area contributed by atoms with Gasteiger partial charge in [-0.1, -0.05) is 0 Å². The van der Waals surface area contributed by atoms with Crippen LogP contribution in [0.3, 0.4) is 0 Å². The van der Waals surface area contributed by atoms with Crippen LogP contribution in [0.4, 0.5) is 11.4 Å². The Morgan fingerprint density at radius 3 is 2.57 bits per heavy atom. The Kier molecular flexibility index (Phi) is 4.36. The SMILES string of the molecule is O=C(O)c1cc([N+](=O)[O-])ccc1NCC(=O)N1CCCC1. The summed E-state index contributed by atoms with van der Waals surface area (Å²) in [4.78, 5) is 34.7. The van der Waals surface area contributed by atoms with Gasteiger partial charge in [-0.25, -0.2) is 4.79 Å². The molecule has 0 radical (unpaired) electrons. The standard InChI is InChI=1S/C13H15N3O5/c17-12(15-5-1-2-6-15)8-14-11-4-3-9(16(20)21)7-10(11)13(18)19/h3-4,7,14H,1-2,5-6,8H2,(H,18,19). The van der Waals surface area contributed by atoms with Crippen LogP contribution in [0.2, 0.25) is 0 Å². The maximum absolute atomic E-state index is 11.9. The molecule has 1 aromatic rings.